The van der Waals surface area contributed by atoms with Crippen LogP contribution in [0.25, 0.3) is 0 Å². The van der Waals surface area contributed by atoms with Crippen LogP contribution in [-0.4, -0.2) is 54.6 Å². The van der Waals surface area contributed by atoms with Gasteiger partial charge in [-0.15, -0.1) is 0 Å². The lowest BCUT2D eigenvalue weighted by Gasteiger charge is -2.36. The Balaban J connectivity index is 1.57. The molecule has 0 saturated carbocycles. The second-order valence-electron chi connectivity index (χ2n) is 7.37. The molecule has 1 aliphatic heterocycles. The minimum atomic E-state index is -0.335. The number of hydrogen-bond donors (Lipinski definition) is 2. The molecule has 1 fully saturated rings. The molecule has 2 aromatic carbocycles. The van der Waals surface area contributed by atoms with Crippen molar-refractivity contribution in [2.24, 2.45) is 0 Å². The maximum atomic E-state index is 12.5. The minimum absolute atomic E-state index is 0.167. The maximum absolute atomic E-state index is 12.5. The number of piperazine rings is 1. The molecule has 2 N–H and O–H groups in total. The van der Waals surface area contributed by atoms with Crippen LogP contribution in [0.2, 0.25) is 5.02 Å². The van der Waals surface area contributed by atoms with E-state index in [1.807, 2.05) is 30.9 Å². The highest BCUT2D eigenvalue weighted by molar-refractivity contribution is 9.10. The molecule has 3 rings (SSSR count). The Hall–Kier alpha value is -2.36. The molecule has 33 heavy (non-hydrogen) atoms. The highest BCUT2D eigenvalue weighted by Crippen LogP contribution is 2.30. The minimum Gasteiger partial charge on any atom is -0.493 e. The SMILES string of the molecule is CCOc1ccc(C(=O)NC(=S)Nc2ccc(N3CCN(C(=O)CC)CC3)c(Cl)c2)cc1Br. The third-order valence-corrected chi connectivity index (χ3v) is 6.33. The number of halogens is 2. The van der Waals surface area contributed by atoms with E-state index in [0.717, 1.165) is 18.8 Å². The van der Waals surface area contributed by atoms with Crippen molar-refractivity contribution < 1.29 is 14.3 Å². The van der Waals surface area contributed by atoms with Crippen molar-refractivity contribution in [2.45, 2.75) is 20.3 Å². The van der Waals surface area contributed by atoms with Gasteiger partial charge < -0.3 is 19.9 Å². The van der Waals surface area contributed by atoms with Crippen LogP contribution in [0.5, 0.6) is 5.75 Å². The number of hydrogen-bond acceptors (Lipinski definition) is 5. The van der Waals surface area contributed by atoms with E-state index >= 15 is 0 Å². The number of anilines is 2. The molecule has 0 spiro atoms. The van der Waals surface area contributed by atoms with Crippen molar-refractivity contribution >= 4 is 68.1 Å². The van der Waals surface area contributed by atoms with E-state index in [2.05, 4.69) is 31.5 Å². The van der Waals surface area contributed by atoms with E-state index in [1.165, 1.54) is 0 Å². The number of nitrogens with zero attached hydrogens (tertiary/aromatic N) is 2. The Labute approximate surface area is 212 Å². The molecular formula is C23H26BrClN4O3S. The summed E-state index contributed by atoms with van der Waals surface area (Å²) in [5, 5.41) is 6.40. The molecule has 0 aliphatic carbocycles. The molecule has 0 unspecified atom stereocenters. The highest BCUT2D eigenvalue weighted by Gasteiger charge is 2.21. The summed E-state index contributed by atoms with van der Waals surface area (Å²) in [6.07, 6.45) is 0.521. The lowest BCUT2D eigenvalue weighted by atomic mass is 10.2. The van der Waals surface area contributed by atoms with Crippen LogP contribution in [0.15, 0.2) is 40.9 Å². The summed E-state index contributed by atoms with van der Waals surface area (Å²) in [6, 6.07) is 10.6. The first-order valence-corrected chi connectivity index (χ1v) is 12.3. The lowest BCUT2D eigenvalue weighted by molar-refractivity contribution is -0.131. The van der Waals surface area contributed by atoms with Crippen LogP contribution in [0, 0.1) is 0 Å². The van der Waals surface area contributed by atoms with Gasteiger partial charge in [0.1, 0.15) is 5.75 Å². The fourth-order valence-electron chi connectivity index (χ4n) is 3.51. The third-order valence-electron chi connectivity index (χ3n) is 5.20. The van der Waals surface area contributed by atoms with E-state index in [-0.39, 0.29) is 16.9 Å². The lowest BCUT2D eigenvalue weighted by Crippen LogP contribution is -2.48. The molecule has 10 heteroatoms. The van der Waals surface area contributed by atoms with Gasteiger partial charge in [-0.1, -0.05) is 18.5 Å². The number of benzene rings is 2. The largest absolute Gasteiger partial charge is 0.493 e. The van der Waals surface area contributed by atoms with Crippen molar-refractivity contribution in [2.75, 3.05) is 43.0 Å². The molecule has 1 aliphatic rings. The van der Waals surface area contributed by atoms with Gasteiger partial charge in [0.05, 0.1) is 21.8 Å². The van der Waals surface area contributed by atoms with Crippen LogP contribution in [-0.2, 0) is 4.79 Å². The Morgan fingerprint density at radius 1 is 1.12 bits per heavy atom. The Morgan fingerprint density at radius 2 is 1.85 bits per heavy atom. The van der Waals surface area contributed by atoms with E-state index in [0.29, 0.717) is 52.6 Å². The molecule has 176 valence electrons. The van der Waals surface area contributed by atoms with E-state index in [1.54, 1.807) is 24.3 Å². The zero-order chi connectivity index (χ0) is 24.0. The second kappa shape index (κ2) is 11.7. The summed E-state index contributed by atoms with van der Waals surface area (Å²) in [4.78, 5) is 28.4. The molecule has 2 aromatic rings. The van der Waals surface area contributed by atoms with Crippen LogP contribution in [0.1, 0.15) is 30.6 Å². The highest BCUT2D eigenvalue weighted by atomic mass is 79.9. The van der Waals surface area contributed by atoms with Crippen LogP contribution in [0.4, 0.5) is 11.4 Å². The smallest absolute Gasteiger partial charge is 0.257 e. The summed E-state index contributed by atoms with van der Waals surface area (Å²) in [7, 11) is 0. The Kier molecular flexibility index (Phi) is 8.94. The zero-order valence-corrected chi connectivity index (χ0v) is 21.6. The summed E-state index contributed by atoms with van der Waals surface area (Å²) in [6.45, 7) is 7.12. The average molecular weight is 554 g/mol. The van der Waals surface area contributed by atoms with Gasteiger partial charge in [0, 0.05) is 43.9 Å². The number of rotatable bonds is 6. The van der Waals surface area contributed by atoms with Crippen molar-refractivity contribution in [3.8, 4) is 5.75 Å². The molecule has 0 bridgehead atoms. The second-order valence-corrected chi connectivity index (χ2v) is 9.04. The fraction of sp³-hybridized carbons (Fsp3) is 0.348. The number of thiocarbonyl (C=S) groups is 1. The summed E-state index contributed by atoms with van der Waals surface area (Å²) < 4.78 is 6.16. The van der Waals surface area contributed by atoms with Gasteiger partial charge in [-0.25, -0.2) is 0 Å². The van der Waals surface area contributed by atoms with Crippen molar-refractivity contribution in [3.05, 3.63) is 51.5 Å². The third kappa shape index (κ3) is 6.59. The summed E-state index contributed by atoms with van der Waals surface area (Å²) in [5.74, 6) is 0.509. The monoisotopic (exact) mass is 552 g/mol. The van der Waals surface area contributed by atoms with Gasteiger partial charge in [-0.05, 0) is 71.5 Å². The van der Waals surface area contributed by atoms with Gasteiger partial charge >= 0.3 is 0 Å². The first kappa shape index (κ1) is 25.3. The molecule has 0 atom stereocenters. The first-order valence-electron chi connectivity index (χ1n) is 10.7. The van der Waals surface area contributed by atoms with Gasteiger partial charge in [-0.3, -0.25) is 14.9 Å². The predicted octanol–water partition coefficient (Wildman–Crippen LogP) is 4.69. The van der Waals surface area contributed by atoms with Crippen molar-refractivity contribution in [3.63, 3.8) is 0 Å². The van der Waals surface area contributed by atoms with Crippen LogP contribution in [0.3, 0.4) is 0 Å². The maximum Gasteiger partial charge on any atom is 0.257 e. The van der Waals surface area contributed by atoms with Crippen LogP contribution >= 0.6 is 39.7 Å². The van der Waals surface area contributed by atoms with E-state index in [4.69, 9.17) is 28.6 Å². The molecular weight excluding hydrogens is 528 g/mol. The number of carbonyl (C=O) groups excluding carboxylic acids is 2. The molecule has 0 aromatic heterocycles. The van der Waals surface area contributed by atoms with Crippen LogP contribution < -0.4 is 20.3 Å². The normalized spacial score (nSPS) is 13.5. The molecule has 2 amide bonds. The van der Waals surface area contributed by atoms with E-state index in [9.17, 15) is 9.59 Å². The van der Waals surface area contributed by atoms with E-state index < -0.39 is 0 Å². The first-order chi connectivity index (χ1) is 15.8. The Morgan fingerprint density at radius 3 is 2.45 bits per heavy atom. The Bertz CT molecular complexity index is 1040. The molecule has 1 heterocycles. The molecule has 1 saturated heterocycles. The van der Waals surface area contributed by atoms with Gasteiger partial charge in [0.25, 0.3) is 5.91 Å². The van der Waals surface area contributed by atoms with Crippen molar-refractivity contribution in [1.82, 2.24) is 10.2 Å². The van der Waals surface area contributed by atoms with Gasteiger partial charge in [0.2, 0.25) is 5.91 Å². The number of amides is 2. The average Bonchev–Trinajstić information content (AvgIpc) is 2.80. The van der Waals surface area contributed by atoms with Crippen molar-refractivity contribution in [1.29, 1.82) is 0 Å². The summed E-state index contributed by atoms with van der Waals surface area (Å²) >= 11 is 15.2. The topological polar surface area (TPSA) is 73.9 Å². The fourth-order valence-corrected chi connectivity index (χ4v) is 4.52. The summed E-state index contributed by atoms with van der Waals surface area (Å²) in [5.41, 5.74) is 2.02. The number of ether oxygens (including phenoxy) is 1. The predicted molar refractivity (Wildman–Crippen MR) is 140 cm³/mol. The number of carbonyl (C=O) groups is 2. The number of nitrogens with one attached hydrogen (secondary N) is 2. The molecule has 7 nitrogen and oxygen atoms in total. The van der Waals surface area contributed by atoms with Gasteiger partial charge in [-0.2, -0.15) is 0 Å². The zero-order valence-electron chi connectivity index (χ0n) is 18.5. The standard InChI is InChI=1S/C23H26BrClN4O3S/c1-3-21(30)29-11-9-28(10-12-29)19-7-6-16(14-18(19)25)26-23(33)27-22(31)15-5-8-20(32-4-2)17(24)13-15/h5-8,13-14H,3-4,9-12H2,1-2H3,(H2,26,27,31,33). The quantitative estimate of drug-likeness (QED) is 0.506. The van der Waals surface area contributed by atoms with Gasteiger partial charge in [0.15, 0.2) is 5.11 Å². The molecule has 0 radical (unpaired) electrons.